The third kappa shape index (κ3) is 3.23. The number of rotatable bonds is 4. The van der Waals surface area contributed by atoms with E-state index in [0.717, 1.165) is 0 Å². The predicted octanol–water partition coefficient (Wildman–Crippen LogP) is 0.475. The molecule has 0 saturated carbocycles. The molecular weight excluding hydrogens is 316 g/mol. The molecule has 21 heavy (non-hydrogen) atoms. The molecule has 0 amide bonds. The Morgan fingerprint density at radius 1 is 1.14 bits per heavy atom. The van der Waals surface area contributed by atoms with Gasteiger partial charge in [-0.05, 0) is 43.2 Å². The van der Waals surface area contributed by atoms with Crippen LogP contribution in [0, 0.1) is 13.8 Å². The van der Waals surface area contributed by atoms with Gasteiger partial charge in [0, 0.05) is 0 Å². The number of aromatic amines is 1. The van der Waals surface area contributed by atoms with Gasteiger partial charge < -0.3 is 0 Å². The molecule has 0 aliphatic heterocycles. The highest BCUT2D eigenvalue weighted by molar-refractivity contribution is 7.92. The second-order valence-electron chi connectivity index (χ2n) is 4.50. The van der Waals surface area contributed by atoms with Crippen LogP contribution in [0.5, 0.6) is 0 Å². The van der Waals surface area contributed by atoms with Crippen molar-refractivity contribution in [2.24, 2.45) is 5.14 Å². The number of nitrogens with one attached hydrogen (secondary N) is 2. The first kappa shape index (κ1) is 15.5. The predicted molar refractivity (Wildman–Crippen MR) is 76.7 cm³/mol. The molecule has 2 rings (SSSR count). The van der Waals surface area contributed by atoms with Gasteiger partial charge in [0.05, 0.1) is 16.8 Å². The molecule has 0 aliphatic rings. The lowest BCUT2D eigenvalue weighted by atomic mass is 10.1. The van der Waals surface area contributed by atoms with Crippen LogP contribution in [0.1, 0.15) is 11.1 Å². The van der Waals surface area contributed by atoms with Gasteiger partial charge in [0.15, 0.2) is 5.03 Å². The summed E-state index contributed by atoms with van der Waals surface area (Å²) in [7, 11) is -7.66. The molecule has 8 nitrogen and oxygen atoms in total. The Labute approximate surface area is 122 Å². The molecule has 1 aromatic heterocycles. The summed E-state index contributed by atoms with van der Waals surface area (Å²) >= 11 is 0. The third-order valence-electron chi connectivity index (χ3n) is 2.84. The van der Waals surface area contributed by atoms with Crippen molar-refractivity contribution in [1.29, 1.82) is 0 Å². The van der Waals surface area contributed by atoms with E-state index in [1.165, 1.54) is 24.4 Å². The highest BCUT2D eigenvalue weighted by atomic mass is 32.2. The second kappa shape index (κ2) is 5.13. The van der Waals surface area contributed by atoms with Gasteiger partial charge >= 0.3 is 0 Å². The van der Waals surface area contributed by atoms with E-state index >= 15 is 0 Å². The molecule has 4 N–H and O–H groups in total. The summed E-state index contributed by atoms with van der Waals surface area (Å²) < 4.78 is 49.3. The fraction of sp³-hybridized carbons (Fsp3) is 0.182. The first-order valence-corrected chi connectivity index (χ1v) is 8.80. The van der Waals surface area contributed by atoms with Crippen molar-refractivity contribution in [2.45, 2.75) is 23.8 Å². The number of nitrogens with zero attached hydrogens (tertiary/aromatic N) is 1. The lowest BCUT2D eigenvalue weighted by molar-refractivity contribution is 0.596. The number of benzene rings is 1. The zero-order chi connectivity index (χ0) is 15.8. The summed E-state index contributed by atoms with van der Waals surface area (Å²) in [4.78, 5) is -0.0676. The quantitative estimate of drug-likeness (QED) is 0.749. The number of anilines is 1. The van der Waals surface area contributed by atoms with Crippen LogP contribution in [0.25, 0.3) is 0 Å². The number of hydrogen-bond acceptors (Lipinski definition) is 5. The summed E-state index contributed by atoms with van der Waals surface area (Å²) in [5, 5.41) is 10.9. The van der Waals surface area contributed by atoms with E-state index in [9.17, 15) is 16.8 Å². The maximum absolute atomic E-state index is 12.1. The molecule has 0 unspecified atom stereocenters. The highest BCUT2D eigenvalue weighted by Crippen LogP contribution is 2.26. The fourth-order valence-electron chi connectivity index (χ4n) is 1.83. The number of primary sulfonamides is 1. The fourth-order valence-corrected chi connectivity index (χ4v) is 3.63. The number of hydrogen-bond donors (Lipinski definition) is 3. The summed E-state index contributed by atoms with van der Waals surface area (Å²) in [6.07, 6.45) is 1.32. The molecule has 10 heteroatoms. The van der Waals surface area contributed by atoms with Gasteiger partial charge in [-0.15, -0.1) is 0 Å². The Morgan fingerprint density at radius 2 is 1.71 bits per heavy atom. The van der Waals surface area contributed by atoms with Gasteiger partial charge in [0.2, 0.25) is 10.0 Å². The maximum atomic E-state index is 12.1. The minimum Gasteiger partial charge on any atom is -0.278 e. The van der Waals surface area contributed by atoms with Crippen molar-refractivity contribution in [1.82, 2.24) is 10.2 Å². The first-order valence-electron chi connectivity index (χ1n) is 5.77. The van der Waals surface area contributed by atoms with Crippen molar-refractivity contribution in [3.63, 3.8) is 0 Å². The average molecular weight is 330 g/mol. The van der Waals surface area contributed by atoms with Gasteiger partial charge in [-0.2, -0.15) is 13.5 Å². The van der Waals surface area contributed by atoms with Crippen molar-refractivity contribution in [3.8, 4) is 0 Å². The van der Waals surface area contributed by atoms with Crippen LogP contribution in [0.15, 0.2) is 34.3 Å². The Balaban J connectivity index is 2.48. The van der Waals surface area contributed by atoms with Crippen LogP contribution in [0.4, 0.5) is 5.69 Å². The lowest BCUT2D eigenvalue weighted by Crippen LogP contribution is -2.17. The van der Waals surface area contributed by atoms with E-state index in [1.807, 2.05) is 0 Å². The van der Waals surface area contributed by atoms with Gasteiger partial charge in [0.25, 0.3) is 10.0 Å². The maximum Gasteiger partial charge on any atom is 0.278 e. The average Bonchev–Trinajstić information content (AvgIpc) is 2.86. The van der Waals surface area contributed by atoms with Crippen LogP contribution in [-0.2, 0) is 20.0 Å². The first-order chi connectivity index (χ1) is 9.61. The molecule has 114 valence electrons. The standard InChI is InChI=1S/C11H14N4O4S2/c1-7-5-9(20(12,16)17)6-8(2)11(7)15-21(18,19)10-3-4-13-14-10/h3-6,15H,1-2H3,(H,13,14)(H2,12,16,17). The third-order valence-corrected chi connectivity index (χ3v) is 5.01. The highest BCUT2D eigenvalue weighted by Gasteiger charge is 2.19. The molecule has 0 spiro atoms. The largest absolute Gasteiger partial charge is 0.278 e. The van der Waals surface area contributed by atoms with E-state index in [4.69, 9.17) is 5.14 Å². The van der Waals surface area contributed by atoms with Crippen molar-refractivity contribution in [3.05, 3.63) is 35.5 Å². The summed E-state index contributed by atoms with van der Waals surface area (Å²) in [5.41, 5.74) is 1.20. The smallest absolute Gasteiger partial charge is 0.278 e. The van der Waals surface area contributed by atoms with E-state index in [2.05, 4.69) is 14.9 Å². The minimum absolute atomic E-state index is 0.0676. The molecule has 0 bridgehead atoms. The van der Waals surface area contributed by atoms with Crippen molar-refractivity contribution >= 4 is 25.7 Å². The molecule has 2 aromatic rings. The molecular formula is C11H14N4O4S2. The number of aryl methyl sites for hydroxylation is 2. The summed E-state index contributed by atoms with van der Waals surface area (Å²) in [5.74, 6) is 0. The Morgan fingerprint density at radius 3 is 2.14 bits per heavy atom. The molecule has 1 heterocycles. The topological polar surface area (TPSA) is 135 Å². The Bertz CT molecular complexity index is 848. The van der Waals surface area contributed by atoms with Crippen molar-refractivity contribution in [2.75, 3.05) is 4.72 Å². The Kier molecular flexibility index (Phi) is 3.78. The monoisotopic (exact) mass is 330 g/mol. The summed E-state index contributed by atoms with van der Waals surface area (Å²) in [6, 6.07) is 3.94. The van der Waals surface area contributed by atoms with Gasteiger partial charge in [-0.1, -0.05) is 0 Å². The Hall–Kier alpha value is -1.91. The molecule has 0 radical (unpaired) electrons. The zero-order valence-corrected chi connectivity index (χ0v) is 12.9. The molecule has 0 saturated heterocycles. The van der Waals surface area contributed by atoms with E-state index in [-0.39, 0.29) is 9.92 Å². The minimum atomic E-state index is -3.84. The second-order valence-corrected chi connectivity index (χ2v) is 7.72. The molecule has 0 atom stereocenters. The molecule has 0 aliphatic carbocycles. The van der Waals surface area contributed by atoms with Crippen LogP contribution in [0.2, 0.25) is 0 Å². The van der Waals surface area contributed by atoms with E-state index in [1.54, 1.807) is 13.8 Å². The van der Waals surface area contributed by atoms with Crippen LogP contribution < -0.4 is 9.86 Å². The lowest BCUT2D eigenvalue weighted by Gasteiger charge is -2.13. The normalized spacial score (nSPS) is 12.3. The SMILES string of the molecule is Cc1cc(S(N)(=O)=O)cc(C)c1NS(=O)(=O)c1ccn[nH]1. The molecule has 1 aromatic carbocycles. The van der Waals surface area contributed by atoms with Crippen LogP contribution in [-0.4, -0.2) is 27.0 Å². The number of nitrogens with two attached hydrogens (primary N) is 1. The van der Waals surface area contributed by atoms with Gasteiger partial charge in [-0.25, -0.2) is 13.6 Å². The van der Waals surface area contributed by atoms with E-state index < -0.39 is 20.0 Å². The number of H-pyrrole nitrogens is 1. The van der Waals surface area contributed by atoms with Crippen molar-refractivity contribution < 1.29 is 16.8 Å². The zero-order valence-electron chi connectivity index (χ0n) is 11.3. The molecule has 0 fully saturated rings. The van der Waals surface area contributed by atoms with Crippen LogP contribution >= 0.6 is 0 Å². The van der Waals surface area contributed by atoms with E-state index in [0.29, 0.717) is 16.8 Å². The number of sulfonamides is 2. The summed E-state index contributed by atoms with van der Waals surface area (Å²) in [6.45, 7) is 3.18. The van der Waals surface area contributed by atoms with Gasteiger partial charge in [0.1, 0.15) is 0 Å². The van der Waals surface area contributed by atoms with Gasteiger partial charge in [-0.3, -0.25) is 9.82 Å². The number of aromatic nitrogens is 2. The van der Waals surface area contributed by atoms with Crippen LogP contribution in [0.3, 0.4) is 0 Å².